The van der Waals surface area contributed by atoms with Crippen LogP contribution in [-0.4, -0.2) is 24.6 Å². The van der Waals surface area contributed by atoms with Gasteiger partial charge in [0.05, 0.1) is 19.4 Å². The Morgan fingerprint density at radius 3 is 2.65 bits per heavy atom. The molecule has 0 aliphatic heterocycles. The van der Waals surface area contributed by atoms with E-state index in [4.69, 9.17) is 14.7 Å². The van der Waals surface area contributed by atoms with E-state index in [-0.39, 0.29) is 0 Å². The first-order chi connectivity index (χ1) is 8.17. The van der Waals surface area contributed by atoms with Crippen molar-refractivity contribution < 1.29 is 14.7 Å². The van der Waals surface area contributed by atoms with Gasteiger partial charge in [-0.1, -0.05) is 19.0 Å². The minimum absolute atomic E-state index is 0.461. The van der Waals surface area contributed by atoms with Gasteiger partial charge in [0.25, 0.3) is 0 Å². The molecule has 17 heavy (non-hydrogen) atoms. The van der Waals surface area contributed by atoms with Crippen molar-refractivity contribution in [3.05, 3.63) is 23.8 Å². The van der Waals surface area contributed by atoms with Gasteiger partial charge in [-0.25, -0.2) is 0 Å². The van der Waals surface area contributed by atoms with Crippen molar-refractivity contribution >= 4 is 6.21 Å². The van der Waals surface area contributed by atoms with Crippen LogP contribution in [0.1, 0.15) is 26.3 Å². The number of hydrogen-bond donors (Lipinski definition) is 1. The molecule has 4 heteroatoms. The molecule has 1 rings (SSSR count). The van der Waals surface area contributed by atoms with Gasteiger partial charge in [0, 0.05) is 5.56 Å². The molecule has 0 bridgehead atoms. The first-order valence-corrected chi connectivity index (χ1v) is 5.74. The average Bonchev–Trinajstić information content (AvgIpc) is 2.28. The number of ether oxygens (including phenoxy) is 2. The van der Waals surface area contributed by atoms with Gasteiger partial charge in [-0.15, -0.1) is 0 Å². The first-order valence-electron chi connectivity index (χ1n) is 5.74. The standard InChI is InChI=1S/C13H19NO3/c1-4-16-13-7-11(8-14-15)5-6-12(13)17-9-10(2)3/h5-8,10,15H,4,9H2,1-3H3. The number of hydrogen-bond acceptors (Lipinski definition) is 4. The largest absolute Gasteiger partial charge is 0.490 e. The smallest absolute Gasteiger partial charge is 0.161 e. The molecule has 4 nitrogen and oxygen atoms in total. The predicted molar refractivity (Wildman–Crippen MR) is 67.3 cm³/mol. The fraction of sp³-hybridized carbons (Fsp3) is 0.462. The summed E-state index contributed by atoms with van der Waals surface area (Å²) >= 11 is 0. The van der Waals surface area contributed by atoms with Crippen molar-refractivity contribution in [2.24, 2.45) is 11.1 Å². The summed E-state index contributed by atoms with van der Waals surface area (Å²) in [6.07, 6.45) is 1.36. The molecule has 0 atom stereocenters. The second-order valence-corrected chi connectivity index (χ2v) is 4.09. The number of nitrogens with zero attached hydrogens (tertiary/aromatic N) is 1. The second kappa shape index (κ2) is 6.78. The van der Waals surface area contributed by atoms with Crippen LogP contribution in [0, 0.1) is 5.92 Å². The SMILES string of the molecule is CCOc1cc(C=NO)ccc1OCC(C)C. The third kappa shape index (κ3) is 4.34. The number of benzene rings is 1. The van der Waals surface area contributed by atoms with E-state index in [2.05, 4.69) is 19.0 Å². The van der Waals surface area contributed by atoms with Crippen molar-refractivity contribution in [2.45, 2.75) is 20.8 Å². The van der Waals surface area contributed by atoms with E-state index in [1.54, 1.807) is 6.07 Å². The van der Waals surface area contributed by atoms with Gasteiger partial charge in [0.15, 0.2) is 11.5 Å². The van der Waals surface area contributed by atoms with Crippen molar-refractivity contribution in [2.75, 3.05) is 13.2 Å². The molecule has 0 amide bonds. The topological polar surface area (TPSA) is 51.0 Å². The van der Waals surface area contributed by atoms with E-state index in [0.717, 1.165) is 11.3 Å². The first kappa shape index (κ1) is 13.4. The Bertz CT molecular complexity index is 375. The van der Waals surface area contributed by atoms with Crippen LogP contribution >= 0.6 is 0 Å². The van der Waals surface area contributed by atoms with Crippen LogP contribution in [0.3, 0.4) is 0 Å². The number of oxime groups is 1. The highest BCUT2D eigenvalue weighted by Crippen LogP contribution is 2.28. The minimum atomic E-state index is 0.461. The lowest BCUT2D eigenvalue weighted by molar-refractivity contribution is 0.248. The minimum Gasteiger partial charge on any atom is -0.490 e. The van der Waals surface area contributed by atoms with Gasteiger partial charge in [0.2, 0.25) is 0 Å². The Labute approximate surface area is 102 Å². The molecule has 1 aromatic rings. The van der Waals surface area contributed by atoms with Gasteiger partial charge >= 0.3 is 0 Å². The maximum absolute atomic E-state index is 8.48. The summed E-state index contributed by atoms with van der Waals surface area (Å²) in [6.45, 7) is 7.31. The van der Waals surface area contributed by atoms with Crippen LogP contribution in [0.25, 0.3) is 0 Å². The molecular formula is C13H19NO3. The summed E-state index contributed by atoms with van der Waals surface area (Å²) in [5.74, 6) is 1.85. The van der Waals surface area contributed by atoms with Gasteiger partial charge in [0.1, 0.15) is 0 Å². The van der Waals surface area contributed by atoms with E-state index in [1.807, 2.05) is 19.1 Å². The van der Waals surface area contributed by atoms with E-state index >= 15 is 0 Å². The second-order valence-electron chi connectivity index (χ2n) is 4.09. The quantitative estimate of drug-likeness (QED) is 0.470. The molecule has 1 aromatic carbocycles. The zero-order valence-corrected chi connectivity index (χ0v) is 10.5. The maximum atomic E-state index is 8.48. The third-order valence-electron chi connectivity index (χ3n) is 2.05. The van der Waals surface area contributed by atoms with Crippen LogP contribution < -0.4 is 9.47 Å². The fourth-order valence-corrected chi connectivity index (χ4v) is 1.32. The Hall–Kier alpha value is -1.71. The maximum Gasteiger partial charge on any atom is 0.161 e. The van der Waals surface area contributed by atoms with Crippen molar-refractivity contribution in [1.82, 2.24) is 0 Å². The zero-order valence-electron chi connectivity index (χ0n) is 10.5. The zero-order chi connectivity index (χ0) is 12.7. The fourth-order valence-electron chi connectivity index (χ4n) is 1.32. The molecule has 0 saturated carbocycles. The van der Waals surface area contributed by atoms with E-state index in [9.17, 15) is 0 Å². The Morgan fingerprint density at radius 1 is 1.29 bits per heavy atom. The highest BCUT2D eigenvalue weighted by molar-refractivity contribution is 5.80. The lowest BCUT2D eigenvalue weighted by Crippen LogP contribution is -2.06. The molecule has 0 aromatic heterocycles. The Kier molecular flexibility index (Phi) is 5.33. The summed E-state index contributed by atoms with van der Waals surface area (Å²) in [6, 6.07) is 5.43. The van der Waals surface area contributed by atoms with Gasteiger partial charge in [-0.05, 0) is 31.0 Å². The summed E-state index contributed by atoms with van der Waals surface area (Å²) in [4.78, 5) is 0. The monoisotopic (exact) mass is 237 g/mol. The lowest BCUT2D eigenvalue weighted by Gasteiger charge is -2.13. The average molecular weight is 237 g/mol. The molecule has 1 N–H and O–H groups in total. The molecule has 0 fully saturated rings. The Morgan fingerprint density at radius 2 is 2.06 bits per heavy atom. The van der Waals surface area contributed by atoms with Crippen molar-refractivity contribution in [1.29, 1.82) is 0 Å². The molecule has 0 aliphatic rings. The van der Waals surface area contributed by atoms with Crippen molar-refractivity contribution in [3.8, 4) is 11.5 Å². The van der Waals surface area contributed by atoms with Gasteiger partial charge in [-0.2, -0.15) is 0 Å². The lowest BCUT2D eigenvalue weighted by atomic mass is 10.2. The highest BCUT2D eigenvalue weighted by atomic mass is 16.5. The van der Waals surface area contributed by atoms with E-state index < -0.39 is 0 Å². The summed E-state index contributed by atoms with van der Waals surface area (Å²) in [7, 11) is 0. The molecule has 0 unspecified atom stereocenters. The molecule has 0 spiro atoms. The molecule has 0 aliphatic carbocycles. The van der Waals surface area contributed by atoms with Crippen LogP contribution in [0.5, 0.6) is 11.5 Å². The van der Waals surface area contributed by atoms with Crippen LogP contribution in [0.4, 0.5) is 0 Å². The van der Waals surface area contributed by atoms with E-state index in [0.29, 0.717) is 24.9 Å². The highest BCUT2D eigenvalue weighted by Gasteiger charge is 2.06. The summed E-state index contributed by atoms with van der Waals surface area (Å²) in [5, 5.41) is 11.5. The molecular weight excluding hydrogens is 218 g/mol. The predicted octanol–water partition coefficient (Wildman–Crippen LogP) is 2.93. The Balaban J connectivity index is 2.87. The molecule has 0 saturated heterocycles. The van der Waals surface area contributed by atoms with Crippen LogP contribution in [0.15, 0.2) is 23.4 Å². The van der Waals surface area contributed by atoms with Gasteiger partial charge in [-0.3, -0.25) is 0 Å². The van der Waals surface area contributed by atoms with Gasteiger partial charge < -0.3 is 14.7 Å². The molecule has 0 radical (unpaired) electrons. The normalized spacial score (nSPS) is 11.1. The van der Waals surface area contributed by atoms with Crippen LogP contribution in [-0.2, 0) is 0 Å². The van der Waals surface area contributed by atoms with Crippen molar-refractivity contribution in [3.63, 3.8) is 0 Å². The summed E-state index contributed by atoms with van der Waals surface area (Å²) in [5.41, 5.74) is 0.771. The number of rotatable bonds is 6. The summed E-state index contributed by atoms with van der Waals surface area (Å²) < 4.78 is 11.1. The third-order valence-corrected chi connectivity index (χ3v) is 2.05. The molecule has 0 heterocycles. The van der Waals surface area contributed by atoms with E-state index in [1.165, 1.54) is 6.21 Å². The molecule has 94 valence electrons. The van der Waals surface area contributed by atoms with Crippen LogP contribution in [0.2, 0.25) is 0 Å².